The van der Waals surface area contributed by atoms with E-state index in [9.17, 15) is 0 Å². The molecule has 0 bridgehead atoms. The standard InChI is InChI=1S/CHO.H2O.Ru/c1-2;;/h1H;1H2;. The first-order chi connectivity index (χ1) is 1.41. The van der Waals surface area contributed by atoms with E-state index < -0.39 is 0 Å². The molecule has 0 aromatic heterocycles. The SMILES string of the molecule is O.O=[CH][Ru]. The van der Waals surface area contributed by atoms with Crippen LogP contribution in [0.2, 0.25) is 0 Å². The summed E-state index contributed by atoms with van der Waals surface area (Å²) in [6.07, 6.45) is 0. The summed E-state index contributed by atoms with van der Waals surface area (Å²) in [5.41, 5.74) is 0. The van der Waals surface area contributed by atoms with E-state index in [4.69, 9.17) is 4.79 Å². The molecule has 0 atom stereocenters. The van der Waals surface area contributed by atoms with E-state index >= 15 is 0 Å². The van der Waals surface area contributed by atoms with E-state index in [0.717, 1.165) is 0 Å². The zero-order valence-electron chi connectivity index (χ0n) is 1.84. The molecule has 0 saturated heterocycles. The van der Waals surface area contributed by atoms with Crippen LogP contribution >= 0.6 is 0 Å². The van der Waals surface area contributed by atoms with Gasteiger partial charge in [0.2, 0.25) is 0 Å². The van der Waals surface area contributed by atoms with Gasteiger partial charge in [-0.2, -0.15) is 0 Å². The molecule has 2 nitrogen and oxygen atoms in total. The Hall–Kier alpha value is 0.253. The molecule has 2 N–H and O–H groups in total. The summed E-state index contributed by atoms with van der Waals surface area (Å²) in [5.74, 6) is 0. The quantitative estimate of drug-likeness (QED) is 0.317. The summed E-state index contributed by atoms with van der Waals surface area (Å²) in [4.78, 5) is 9.45. The van der Waals surface area contributed by atoms with Crippen molar-refractivity contribution < 1.29 is 28.6 Å². The molecular formula is CH3O2Ru. The summed E-state index contributed by atoms with van der Waals surface area (Å²) in [5, 5.41) is 0. The Morgan fingerprint density at radius 2 is 1.75 bits per heavy atom. The maximum absolute atomic E-state index is 8.77. The summed E-state index contributed by atoms with van der Waals surface area (Å²) in [6.45, 7) is 0. The van der Waals surface area contributed by atoms with Crippen molar-refractivity contribution in [2.45, 2.75) is 0 Å². The molecule has 0 radical (unpaired) electrons. The van der Waals surface area contributed by atoms with Crippen molar-refractivity contribution in [1.29, 1.82) is 0 Å². The van der Waals surface area contributed by atoms with E-state index in [0.29, 0.717) is 4.88 Å². The molecule has 0 unspecified atom stereocenters. The van der Waals surface area contributed by atoms with Gasteiger partial charge in [0.15, 0.2) is 0 Å². The van der Waals surface area contributed by atoms with Crippen LogP contribution in [0.3, 0.4) is 0 Å². The Balaban J connectivity index is 0. The fourth-order valence-electron chi connectivity index (χ4n) is 0. The van der Waals surface area contributed by atoms with Crippen molar-refractivity contribution in [3.8, 4) is 0 Å². The second-order valence-electron chi connectivity index (χ2n) is 0.0833. The van der Waals surface area contributed by atoms with Crippen molar-refractivity contribution in [3.05, 3.63) is 0 Å². The molecule has 0 amide bonds. The Labute approximate surface area is 34.2 Å². The Bertz CT molecular complexity index is 13.5. The van der Waals surface area contributed by atoms with Crippen LogP contribution in [-0.2, 0) is 23.1 Å². The summed E-state index contributed by atoms with van der Waals surface area (Å²) >= 11 is 1.83. The molecule has 27 valence electrons. The molecule has 0 rings (SSSR count). The molecular weight excluding hydrogens is 145 g/mol. The molecule has 0 aromatic carbocycles. The molecule has 0 fully saturated rings. The van der Waals surface area contributed by atoms with Crippen LogP contribution in [0.5, 0.6) is 0 Å². The van der Waals surface area contributed by atoms with Gasteiger partial charge in [0.1, 0.15) is 0 Å². The van der Waals surface area contributed by atoms with Crippen LogP contribution in [-0.4, -0.2) is 10.4 Å². The first-order valence-corrected chi connectivity index (χ1v) is 1.44. The van der Waals surface area contributed by atoms with Crippen molar-refractivity contribution in [3.63, 3.8) is 0 Å². The fraction of sp³-hybridized carbons (Fsp3) is 0. The molecule has 0 saturated carbocycles. The van der Waals surface area contributed by atoms with Gasteiger partial charge < -0.3 is 5.48 Å². The fourth-order valence-corrected chi connectivity index (χ4v) is 0. The molecule has 0 aliphatic carbocycles. The number of carbonyl (C=O) groups excluding carboxylic acids is 1. The van der Waals surface area contributed by atoms with Gasteiger partial charge in [-0.05, 0) is 0 Å². The van der Waals surface area contributed by atoms with Crippen LogP contribution in [0, 0.1) is 0 Å². The van der Waals surface area contributed by atoms with E-state index in [-0.39, 0.29) is 5.48 Å². The minimum atomic E-state index is 0. The van der Waals surface area contributed by atoms with Gasteiger partial charge >= 0.3 is 28.0 Å². The number of carbonyl (C=O) groups is 1. The van der Waals surface area contributed by atoms with Crippen molar-refractivity contribution >= 4 is 4.88 Å². The average molecular weight is 148 g/mol. The van der Waals surface area contributed by atoms with Crippen molar-refractivity contribution in [2.24, 2.45) is 0 Å². The summed E-state index contributed by atoms with van der Waals surface area (Å²) in [6, 6.07) is 0. The molecule has 0 aliphatic rings. The van der Waals surface area contributed by atoms with Crippen LogP contribution in [0.1, 0.15) is 0 Å². The Morgan fingerprint density at radius 1 is 1.75 bits per heavy atom. The van der Waals surface area contributed by atoms with Crippen LogP contribution in [0.15, 0.2) is 0 Å². The van der Waals surface area contributed by atoms with E-state index in [1.165, 1.54) is 0 Å². The summed E-state index contributed by atoms with van der Waals surface area (Å²) in [7, 11) is 0. The van der Waals surface area contributed by atoms with Crippen LogP contribution < -0.4 is 0 Å². The monoisotopic (exact) mass is 149 g/mol. The zero-order valence-corrected chi connectivity index (χ0v) is 3.58. The second-order valence-corrected chi connectivity index (χ2v) is 0.493. The zero-order chi connectivity index (χ0) is 2.71. The maximum atomic E-state index is 8.77. The second kappa shape index (κ2) is 10.5. The topological polar surface area (TPSA) is 48.6 Å². The summed E-state index contributed by atoms with van der Waals surface area (Å²) < 4.78 is 0. The van der Waals surface area contributed by atoms with Gasteiger partial charge in [-0.15, -0.1) is 0 Å². The molecule has 0 heterocycles. The third-order valence-electron chi connectivity index (χ3n) is 0. The van der Waals surface area contributed by atoms with Crippen molar-refractivity contribution in [1.82, 2.24) is 0 Å². The number of hydrogen-bond acceptors (Lipinski definition) is 1. The first-order valence-electron chi connectivity index (χ1n) is 0.440. The minimum absolute atomic E-state index is 0. The Kier molecular flexibility index (Phi) is 23.3. The predicted octanol–water partition coefficient (Wildman–Crippen LogP) is -1.10. The van der Waals surface area contributed by atoms with Gasteiger partial charge in [-0.25, -0.2) is 0 Å². The van der Waals surface area contributed by atoms with Gasteiger partial charge in [0.05, 0.1) is 0 Å². The average Bonchev–Trinajstić information content (AvgIpc) is 0.918. The molecule has 0 spiro atoms. The van der Waals surface area contributed by atoms with Gasteiger partial charge in [-0.1, -0.05) is 0 Å². The predicted molar refractivity (Wildman–Crippen MR) is 10.4 cm³/mol. The molecule has 3 heteroatoms. The van der Waals surface area contributed by atoms with E-state index in [1.807, 2.05) is 18.3 Å². The first kappa shape index (κ1) is 8.87. The number of hydrogen-bond donors (Lipinski definition) is 0. The Morgan fingerprint density at radius 3 is 1.75 bits per heavy atom. The van der Waals surface area contributed by atoms with Crippen LogP contribution in [0.25, 0.3) is 0 Å². The van der Waals surface area contributed by atoms with Gasteiger partial charge in [-0.3, -0.25) is 0 Å². The number of rotatable bonds is 0. The van der Waals surface area contributed by atoms with Crippen molar-refractivity contribution in [2.75, 3.05) is 0 Å². The van der Waals surface area contributed by atoms with Gasteiger partial charge in [0, 0.05) is 0 Å². The van der Waals surface area contributed by atoms with Crippen LogP contribution in [0.4, 0.5) is 0 Å². The third-order valence-corrected chi connectivity index (χ3v) is 0. The third kappa shape index (κ3) is 55.1. The molecule has 0 aliphatic heterocycles. The molecule has 4 heavy (non-hydrogen) atoms. The molecule has 0 aromatic rings. The normalized spacial score (nSPS) is 3.25. The van der Waals surface area contributed by atoms with E-state index in [1.54, 1.807) is 0 Å². The van der Waals surface area contributed by atoms with Gasteiger partial charge in [0.25, 0.3) is 0 Å². The van der Waals surface area contributed by atoms with E-state index in [2.05, 4.69) is 0 Å².